The quantitative estimate of drug-likeness (QED) is 0.499. The van der Waals surface area contributed by atoms with Gasteiger partial charge < -0.3 is 10.0 Å². The van der Waals surface area contributed by atoms with Crippen molar-refractivity contribution in [2.75, 3.05) is 13.1 Å². The topological polar surface area (TPSA) is 53.4 Å². The van der Waals surface area contributed by atoms with Crippen LogP contribution in [0.4, 0.5) is 0 Å². The standard InChI is InChI=1S/C22H20Cl2N2O2S.ClH/c1-14-19(29-20(25-14)17-4-2-3-5-18(17)24)21(27)26-12-10-22(28,11-13-26)15-6-8-16(23)9-7-15;/h2-9,28H,10-13H2,1H3;1H. The minimum absolute atomic E-state index is 0. The Bertz CT molecular complexity index is 1040. The maximum atomic E-state index is 13.1. The highest BCUT2D eigenvalue weighted by Gasteiger charge is 2.36. The fourth-order valence-electron chi connectivity index (χ4n) is 3.62. The molecular weight excluding hydrogens is 463 g/mol. The van der Waals surface area contributed by atoms with Crippen LogP contribution in [0.5, 0.6) is 0 Å². The Labute approximate surface area is 195 Å². The van der Waals surface area contributed by atoms with Crippen LogP contribution in [0, 0.1) is 6.92 Å². The van der Waals surface area contributed by atoms with Crippen molar-refractivity contribution in [2.24, 2.45) is 0 Å². The zero-order valence-corrected chi connectivity index (χ0v) is 19.4. The molecule has 4 nitrogen and oxygen atoms in total. The summed E-state index contributed by atoms with van der Waals surface area (Å²) in [6.45, 7) is 2.81. The van der Waals surface area contributed by atoms with Crippen molar-refractivity contribution in [1.82, 2.24) is 9.88 Å². The Morgan fingerprint density at radius 3 is 2.37 bits per heavy atom. The monoisotopic (exact) mass is 482 g/mol. The van der Waals surface area contributed by atoms with Crippen LogP contribution in [0.2, 0.25) is 10.0 Å². The molecule has 0 unspecified atom stereocenters. The van der Waals surface area contributed by atoms with Gasteiger partial charge in [0, 0.05) is 23.7 Å². The number of nitrogens with zero attached hydrogens (tertiary/aromatic N) is 2. The van der Waals surface area contributed by atoms with E-state index in [9.17, 15) is 9.90 Å². The summed E-state index contributed by atoms with van der Waals surface area (Å²) in [5, 5.41) is 13.0. The van der Waals surface area contributed by atoms with Gasteiger partial charge in [-0.2, -0.15) is 0 Å². The molecule has 0 atom stereocenters. The van der Waals surface area contributed by atoms with Gasteiger partial charge in [0.25, 0.3) is 5.91 Å². The zero-order valence-electron chi connectivity index (χ0n) is 16.3. The minimum Gasteiger partial charge on any atom is -0.385 e. The van der Waals surface area contributed by atoms with Crippen LogP contribution < -0.4 is 0 Å². The number of aliphatic hydroxyl groups is 1. The predicted octanol–water partition coefficient (Wildman–Crippen LogP) is 5.97. The second-order valence-corrected chi connectivity index (χ2v) is 9.09. The summed E-state index contributed by atoms with van der Waals surface area (Å²) in [5.41, 5.74) is 1.43. The highest BCUT2D eigenvalue weighted by Crippen LogP contribution is 2.36. The van der Waals surface area contributed by atoms with Crippen molar-refractivity contribution in [3.8, 4) is 10.6 Å². The first-order valence-corrected chi connectivity index (χ1v) is 10.9. The molecule has 8 heteroatoms. The summed E-state index contributed by atoms with van der Waals surface area (Å²) >= 11 is 13.6. The summed E-state index contributed by atoms with van der Waals surface area (Å²) in [7, 11) is 0. The van der Waals surface area contributed by atoms with Gasteiger partial charge in [-0.3, -0.25) is 4.79 Å². The second kappa shape index (κ2) is 9.25. The van der Waals surface area contributed by atoms with Crippen molar-refractivity contribution in [2.45, 2.75) is 25.4 Å². The van der Waals surface area contributed by atoms with Crippen molar-refractivity contribution < 1.29 is 9.90 Å². The molecule has 1 fully saturated rings. The number of aromatic nitrogens is 1. The summed E-state index contributed by atoms with van der Waals surface area (Å²) in [6.07, 6.45) is 0.963. The third-order valence-electron chi connectivity index (χ3n) is 5.35. The van der Waals surface area contributed by atoms with E-state index in [0.717, 1.165) is 16.1 Å². The molecule has 0 spiro atoms. The van der Waals surface area contributed by atoms with Crippen LogP contribution in [0.1, 0.15) is 33.8 Å². The van der Waals surface area contributed by atoms with Gasteiger partial charge in [-0.25, -0.2) is 4.98 Å². The van der Waals surface area contributed by atoms with Crippen LogP contribution in [-0.4, -0.2) is 34.0 Å². The van der Waals surface area contributed by atoms with Gasteiger partial charge >= 0.3 is 0 Å². The van der Waals surface area contributed by atoms with Crippen LogP contribution in [-0.2, 0) is 5.60 Å². The molecule has 0 radical (unpaired) electrons. The lowest BCUT2D eigenvalue weighted by Crippen LogP contribution is -2.45. The van der Waals surface area contributed by atoms with Gasteiger partial charge in [0.15, 0.2) is 0 Å². The Morgan fingerprint density at radius 2 is 1.73 bits per heavy atom. The first-order valence-electron chi connectivity index (χ1n) is 9.37. The van der Waals surface area contributed by atoms with E-state index in [4.69, 9.17) is 23.2 Å². The van der Waals surface area contributed by atoms with Gasteiger partial charge in [0.05, 0.1) is 16.3 Å². The highest BCUT2D eigenvalue weighted by molar-refractivity contribution is 7.17. The number of hydrogen-bond donors (Lipinski definition) is 1. The molecule has 158 valence electrons. The van der Waals surface area contributed by atoms with E-state index in [1.165, 1.54) is 11.3 Å². The lowest BCUT2D eigenvalue weighted by Gasteiger charge is -2.38. The molecule has 1 amide bonds. The molecule has 1 N–H and O–H groups in total. The Hall–Kier alpha value is -1.63. The van der Waals surface area contributed by atoms with E-state index in [1.807, 2.05) is 43.3 Å². The molecule has 0 bridgehead atoms. The van der Waals surface area contributed by atoms with E-state index in [0.29, 0.717) is 46.5 Å². The van der Waals surface area contributed by atoms with Crippen molar-refractivity contribution >= 4 is 52.9 Å². The fourth-order valence-corrected chi connectivity index (χ4v) is 5.10. The van der Waals surface area contributed by atoms with Crippen molar-refractivity contribution in [3.05, 3.63) is 74.7 Å². The number of hydrogen-bond acceptors (Lipinski definition) is 4. The zero-order chi connectivity index (χ0) is 20.6. The molecule has 30 heavy (non-hydrogen) atoms. The fraction of sp³-hybridized carbons (Fsp3) is 0.273. The summed E-state index contributed by atoms with van der Waals surface area (Å²) in [4.78, 5) is 20.1. The molecule has 2 heterocycles. The van der Waals surface area contributed by atoms with E-state index >= 15 is 0 Å². The lowest BCUT2D eigenvalue weighted by atomic mass is 9.84. The molecule has 4 rings (SSSR count). The van der Waals surface area contributed by atoms with Gasteiger partial charge in [0.1, 0.15) is 9.88 Å². The molecule has 2 aromatic carbocycles. The first-order chi connectivity index (χ1) is 13.9. The number of piperidine rings is 1. The number of benzene rings is 2. The smallest absolute Gasteiger partial charge is 0.265 e. The summed E-state index contributed by atoms with van der Waals surface area (Å²) in [5.74, 6) is -0.0449. The second-order valence-electron chi connectivity index (χ2n) is 7.24. The number of aryl methyl sites for hydroxylation is 1. The number of halogens is 3. The molecule has 0 aliphatic carbocycles. The van der Waals surface area contributed by atoms with E-state index in [1.54, 1.807) is 17.0 Å². The maximum Gasteiger partial charge on any atom is 0.265 e. The van der Waals surface area contributed by atoms with Gasteiger partial charge in [-0.15, -0.1) is 23.7 Å². The minimum atomic E-state index is -0.938. The van der Waals surface area contributed by atoms with Gasteiger partial charge in [0.2, 0.25) is 0 Å². The average Bonchev–Trinajstić information content (AvgIpc) is 3.10. The van der Waals surface area contributed by atoms with Crippen LogP contribution in [0.15, 0.2) is 48.5 Å². The Morgan fingerprint density at radius 1 is 1.10 bits per heavy atom. The number of thiazole rings is 1. The third-order valence-corrected chi connectivity index (χ3v) is 7.11. The van der Waals surface area contributed by atoms with E-state index < -0.39 is 5.60 Å². The molecule has 0 saturated carbocycles. The van der Waals surface area contributed by atoms with Crippen LogP contribution in [0.3, 0.4) is 0 Å². The van der Waals surface area contributed by atoms with Crippen LogP contribution in [0.25, 0.3) is 10.6 Å². The Balaban J connectivity index is 0.00000256. The van der Waals surface area contributed by atoms with Gasteiger partial charge in [-0.1, -0.05) is 53.5 Å². The Kier molecular flexibility index (Phi) is 7.10. The molecule has 1 saturated heterocycles. The van der Waals surface area contributed by atoms with Crippen LogP contribution >= 0.6 is 46.9 Å². The summed E-state index contributed by atoms with van der Waals surface area (Å²) in [6, 6.07) is 14.8. The lowest BCUT2D eigenvalue weighted by molar-refractivity contribution is -0.0210. The molecule has 1 aromatic heterocycles. The molecular formula is C22H21Cl3N2O2S. The van der Waals surface area contributed by atoms with Crippen molar-refractivity contribution in [3.63, 3.8) is 0 Å². The number of rotatable bonds is 3. The molecule has 3 aromatic rings. The normalized spacial score (nSPS) is 15.5. The molecule has 1 aliphatic heterocycles. The summed E-state index contributed by atoms with van der Waals surface area (Å²) < 4.78 is 0. The maximum absolute atomic E-state index is 13.1. The average molecular weight is 484 g/mol. The van der Waals surface area contributed by atoms with Crippen molar-refractivity contribution in [1.29, 1.82) is 0 Å². The number of carbonyl (C=O) groups excluding carboxylic acids is 1. The third kappa shape index (κ3) is 4.51. The number of likely N-dealkylation sites (tertiary alicyclic amines) is 1. The highest BCUT2D eigenvalue weighted by atomic mass is 35.5. The molecule has 1 aliphatic rings. The number of carbonyl (C=O) groups is 1. The predicted molar refractivity (Wildman–Crippen MR) is 125 cm³/mol. The van der Waals surface area contributed by atoms with Gasteiger partial charge in [-0.05, 0) is 43.5 Å². The van der Waals surface area contributed by atoms with E-state index in [2.05, 4.69) is 4.98 Å². The largest absolute Gasteiger partial charge is 0.385 e. The first kappa shape index (κ1) is 23.0. The number of amides is 1. The van der Waals surface area contributed by atoms with E-state index in [-0.39, 0.29) is 18.3 Å². The SMILES string of the molecule is Cc1nc(-c2ccccc2Cl)sc1C(=O)N1CCC(O)(c2ccc(Cl)cc2)CC1.Cl.